The summed E-state index contributed by atoms with van der Waals surface area (Å²) < 4.78 is 7.74. The Morgan fingerprint density at radius 3 is 3.08 bits per heavy atom. The number of hydrogen-bond acceptors (Lipinski definition) is 8. The fourth-order valence-corrected chi connectivity index (χ4v) is 4.29. The minimum Gasteiger partial charge on any atom is -0.401 e. The quantitative estimate of drug-likeness (QED) is 0.691. The number of rotatable bonds is 8. The molecule has 7 nitrogen and oxygen atoms in total. The van der Waals surface area contributed by atoms with Crippen molar-refractivity contribution in [3.8, 4) is 16.8 Å². The van der Waals surface area contributed by atoms with E-state index in [1.165, 1.54) is 11.8 Å². The number of ketones is 1. The van der Waals surface area contributed by atoms with Crippen LogP contribution in [0.5, 0.6) is 0 Å². The van der Waals surface area contributed by atoms with Crippen LogP contribution in [0.1, 0.15) is 12.8 Å². The Kier molecular flexibility index (Phi) is 6.08. The summed E-state index contributed by atoms with van der Waals surface area (Å²) in [6.07, 6.45) is 2.16. The molecule has 0 unspecified atom stereocenters. The van der Waals surface area contributed by atoms with Crippen molar-refractivity contribution in [3.63, 3.8) is 0 Å². The Hall–Kier alpha value is -2.15. The molecule has 3 rings (SSSR count). The van der Waals surface area contributed by atoms with Gasteiger partial charge in [-0.2, -0.15) is 5.26 Å². The number of hydrogen-bond donors (Lipinski definition) is 1. The van der Waals surface area contributed by atoms with E-state index in [9.17, 15) is 4.79 Å². The first-order valence-corrected chi connectivity index (χ1v) is 10.0. The van der Waals surface area contributed by atoms with E-state index in [2.05, 4.69) is 16.8 Å². The minimum atomic E-state index is -0.992. The highest BCUT2D eigenvalue weighted by Gasteiger charge is 2.24. The SMILES string of the molecule is C=C(N)[C@@H](C#N)C(=O)CSc1nnc(-c2cccs2)n1C[C@H]1CCCO1. The second kappa shape index (κ2) is 8.49. The van der Waals surface area contributed by atoms with Gasteiger partial charge >= 0.3 is 0 Å². The van der Waals surface area contributed by atoms with Crippen LogP contribution in [0.2, 0.25) is 0 Å². The molecule has 0 aliphatic carbocycles. The molecule has 0 amide bonds. The van der Waals surface area contributed by atoms with Crippen LogP contribution in [0.3, 0.4) is 0 Å². The molecule has 9 heteroatoms. The predicted octanol–water partition coefficient (Wildman–Crippen LogP) is 2.46. The summed E-state index contributed by atoms with van der Waals surface area (Å²) in [6.45, 7) is 4.91. The molecule has 2 N–H and O–H groups in total. The van der Waals surface area contributed by atoms with Gasteiger partial charge in [0.05, 0.1) is 29.3 Å². The lowest BCUT2D eigenvalue weighted by Crippen LogP contribution is -2.21. The highest BCUT2D eigenvalue weighted by Crippen LogP contribution is 2.29. The number of ether oxygens (including phenoxy) is 1. The second-order valence-corrected chi connectivity index (χ2v) is 7.81. The van der Waals surface area contributed by atoms with Gasteiger partial charge in [0.1, 0.15) is 5.92 Å². The Morgan fingerprint density at radius 1 is 1.62 bits per heavy atom. The third-order valence-corrected chi connectivity index (χ3v) is 5.89. The van der Waals surface area contributed by atoms with Crippen LogP contribution in [0.15, 0.2) is 34.9 Å². The number of allylic oxidation sites excluding steroid dienone is 1. The monoisotopic (exact) mass is 389 g/mol. The van der Waals surface area contributed by atoms with E-state index in [-0.39, 0.29) is 23.3 Å². The molecule has 0 saturated carbocycles. The average Bonchev–Trinajstić information content (AvgIpc) is 3.36. The maximum absolute atomic E-state index is 12.2. The van der Waals surface area contributed by atoms with E-state index in [1.807, 2.05) is 28.1 Å². The number of Topliss-reactive ketones (excluding diaryl/α,β-unsaturated/α-hetero) is 1. The van der Waals surface area contributed by atoms with Crippen molar-refractivity contribution in [2.24, 2.45) is 11.7 Å². The van der Waals surface area contributed by atoms with E-state index < -0.39 is 5.92 Å². The molecule has 2 aromatic rings. The topological polar surface area (TPSA) is 107 Å². The van der Waals surface area contributed by atoms with Gasteiger partial charge in [0.25, 0.3) is 0 Å². The first-order chi connectivity index (χ1) is 12.6. The Balaban J connectivity index is 1.79. The largest absolute Gasteiger partial charge is 0.401 e. The summed E-state index contributed by atoms with van der Waals surface area (Å²) in [7, 11) is 0. The van der Waals surface area contributed by atoms with E-state index >= 15 is 0 Å². The molecule has 2 aromatic heterocycles. The van der Waals surface area contributed by atoms with Gasteiger partial charge < -0.3 is 10.5 Å². The van der Waals surface area contributed by atoms with Gasteiger partial charge in [-0.25, -0.2) is 0 Å². The zero-order valence-electron chi connectivity index (χ0n) is 14.1. The fourth-order valence-electron chi connectivity index (χ4n) is 2.72. The normalized spacial score (nSPS) is 17.7. The number of carbonyl (C=O) groups excluding carboxylic acids is 1. The Labute approximate surface area is 159 Å². The highest BCUT2D eigenvalue weighted by molar-refractivity contribution is 7.99. The number of nitrogens with zero attached hydrogens (tertiary/aromatic N) is 4. The predicted molar refractivity (Wildman–Crippen MR) is 100 cm³/mol. The molecule has 0 spiro atoms. The van der Waals surface area contributed by atoms with Gasteiger partial charge in [0.2, 0.25) is 0 Å². The number of thioether (sulfide) groups is 1. The van der Waals surface area contributed by atoms with Gasteiger partial charge in [0.15, 0.2) is 16.8 Å². The first-order valence-electron chi connectivity index (χ1n) is 8.18. The highest BCUT2D eigenvalue weighted by atomic mass is 32.2. The van der Waals surface area contributed by atoms with Crippen molar-refractivity contribution in [3.05, 3.63) is 29.8 Å². The second-order valence-electron chi connectivity index (χ2n) is 5.92. The Bertz CT molecular complexity index is 819. The van der Waals surface area contributed by atoms with E-state index in [0.29, 0.717) is 11.7 Å². The molecule has 1 aliphatic rings. The summed E-state index contributed by atoms with van der Waals surface area (Å²) in [5, 5.41) is 20.3. The summed E-state index contributed by atoms with van der Waals surface area (Å²) in [4.78, 5) is 13.2. The summed E-state index contributed by atoms with van der Waals surface area (Å²) >= 11 is 2.85. The van der Waals surface area contributed by atoms with Crippen molar-refractivity contribution < 1.29 is 9.53 Å². The summed E-state index contributed by atoms with van der Waals surface area (Å²) in [5.41, 5.74) is 5.60. The molecule has 1 aliphatic heterocycles. The molecule has 1 fully saturated rings. The maximum atomic E-state index is 12.2. The van der Waals surface area contributed by atoms with Crippen LogP contribution in [0, 0.1) is 17.2 Å². The number of nitrogens with two attached hydrogens (primary N) is 1. The van der Waals surface area contributed by atoms with Gasteiger partial charge in [0, 0.05) is 12.3 Å². The lowest BCUT2D eigenvalue weighted by molar-refractivity contribution is -0.117. The van der Waals surface area contributed by atoms with Gasteiger partial charge in [-0.1, -0.05) is 24.4 Å². The fraction of sp³-hybridized carbons (Fsp3) is 0.412. The van der Waals surface area contributed by atoms with Gasteiger partial charge in [-0.3, -0.25) is 9.36 Å². The third kappa shape index (κ3) is 4.15. The van der Waals surface area contributed by atoms with Crippen LogP contribution in [0.25, 0.3) is 10.7 Å². The van der Waals surface area contributed by atoms with Crippen LogP contribution in [-0.2, 0) is 16.1 Å². The van der Waals surface area contributed by atoms with Crippen molar-refractivity contribution in [2.75, 3.05) is 12.4 Å². The number of aromatic nitrogens is 3. The molecule has 136 valence electrons. The lowest BCUT2D eigenvalue weighted by Gasteiger charge is -2.14. The standard InChI is InChI=1S/C17H19N5O2S2/c1-11(19)13(8-18)14(23)10-26-17-21-20-16(15-5-3-7-25-15)22(17)9-12-4-2-6-24-12/h3,5,7,12-13H,1-2,4,6,9-10,19H2/t12-,13-/m1/s1. The van der Waals surface area contributed by atoms with Crippen LogP contribution >= 0.6 is 23.1 Å². The average molecular weight is 390 g/mol. The van der Waals surface area contributed by atoms with Crippen molar-refractivity contribution in [1.82, 2.24) is 14.8 Å². The molecule has 3 heterocycles. The molecule has 26 heavy (non-hydrogen) atoms. The molecular formula is C17H19N5O2S2. The van der Waals surface area contributed by atoms with E-state index in [4.69, 9.17) is 15.7 Å². The smallest absolute Gasteiger partial charge is 0.192 e. The Morgan fingerprint density at radius 2 is 2.46 bits per heavy atom. The molecule has 2 atom stereocenters. The van der Waals surface area contributed by atoms with Crippen molar-refractivity contribution in [2.45, 2.75) is 30.6 Å². The number of carbonyl (C=O) groups is 1. The molecule has 0 bridgehead atoms. The zero-order chi connectivity index (χ0) is 18.5. The van der Waals surface area contributed by atoms with Crippen LogP contribution < -0.4 is 5.73 Å². The molecule has 0 radical (unpaired) electrons. The van der Waals surface area contributed by atoms with E-state index in [0.717, 1.165) is 30.2 Å². The molecule has 1 saturated heterocycles. The number of thiophene rings is 1. The maximum Gasteiger partial charge on any atom is 0.192 e. The summed E-state index contributed by atoms with van der Waals surface area (Å²) in [5.74, 6) is -0.420. The number of nitriles is 1. The minimum absolute atomic E-state index is 0.0678. The molecule has 0 aromatic carbocycles. The van der Waals surface area contributed by atoms with Crippen molar-refractivity contribution in [1.29, 1.82) is 5.26 Å². The summed E-state index contributed by atoms with van der Waals surface area (Å²) in [6, 6.07) is 5.84. The van der Waals surface area contributed by atoms with Gasteiger partial charge in [-0.05, 0) is 24.3 Å². The zero-order valence-corrected chi connectivity index (χ0v) is 15.8. The van der Waals surface area contributed by atoms with Gasteiger partial charge in [-0.15, -0.1) is 21.5 Å². The van der Waals surface area contributed by atoms with Crippen LogP contribution in [-0.4, -0.2) is 39.0 Å². The first kappa shape index (κ1) is 18.6. The van der Waals surface area contributed by atoms with Crippen molar-refractivity contribution >= 4 is 28.9 Å². The lowest BCUT2D eigenvalue weighted by atomic mass is 10.1. The van der Waals surface area contributed by atoms with Crippen LogP contribution in [0.4, 0.5) is 0 Å². The molecular weight excluding hydrogens is 370 g/mol. The third-order valence-electron chi connectivity index (χ3n) is 4.03. The van der Waals surface area contributed by atoms with E-state index in [1.54, 1.807) is 11.3 Å².